The van der Waals surface area contributed by atoms with Crippen molar-refractivity contribution in [3.05, 3.63) is 35.5 Å². The molecule has 9 nitrogen and oxygen atoms in total. The number of hydrogen-bond donors (Lipinski definition) is 0. The van der Waals surface area contributed by atoms with E-state index in [1.807, 2.05) is 9.36 Å². The lowest BCUT2D eigenvalue weighted by Crippen LogP contribution is -2.11. The summed E-state index contributed by atoms with van der Waals surface area (Å²) < 4.78 is 9.33. The van der Waals surface area contributed by atoms with Crippen LogP contribution in [0.1, 0.15) is 140 Å². The van der Waals surface area contributed by atoms with Gasteiger partial charge < -0.3 is 4.52 Å². The fourth-order valence-electron chi connectivity index (χ4n) is 3.71. The van der Waals surface area contributed by atoms with Gasteiger partial charge in [-0.1, -0.05) is 57.1 Å². The molecule has 33 heavy (non-hydrogen) atoms. The smallest absolute Gasteiger partial charge is 0.229 e. The highest BCUT2D eigenvalue weighted by Gasteiger charge is 2.19. The molecule has 0 N–H and O–H groups in total. The van der Waals surface area contributed by atoms with Crippen LogP contribution in [0.2, 0.25) is 0 Å². The Morgan fingerprint density at radius 3 is 1.76 bits per heavy atom. The third kappa shape index (κ3) is 6.48. The molecule has 0 saturated heterocycles. The summed E-state index contributed by atoms with van der Waals surface area (Å²) in [6.45, 7) is 17.1. The number of hydrogen-bond acceptors (Lipinski definition) is 7. The van der Waals surface area contributed by atoms with Crippen molar-refractivity contribution < 1.29 is 4.52 Å². The summed E-state index contributed by atoms with van der Waals surface area (Å²) in [5, 5.41) is 21.6. The maximum atomic E-state index is 5.35. The summed E-state index contributed by atoms with van der Waals surface area (Å²) in [6, 6.07) is 0.582. The molecule has 0 radical (unpaired) electrons. The van der Waals surface area contributed by atoms with Gasteiger partial charge in [0.1, 0.15) is 0 Å². The summed E-state index contributed by atoms with van der Waals surface area (Å²) in [5.41, 5.74) is 2.08. The Labute approximate surface area is 197 Å². The van der Waals surface area contributed by atoms with Crippen LogP contribution >= 0.6 is 0 Å². The SMILES string of the molecule is CC(C)c1cn(C(C)CCC(C)n2cc(C(C)CCC(C)c3noc(C(C)C)n3)nn2)nn1. The van der Waals surface area contributed by atoms with Crippen molar-refractivity contribution in [2.24, 2.45) is 0 Å². The van der Waals surface area contributed by atoms with Crippen LogP contribution in [-0.4, -0.2) is 40.1 Å². The standard InChI is InChI=1S/C24H40N8O/c1-15(2)21-13-31(29-26-21)19(7)11-12-20(8)32-14-22(27-30-32)17(5)9-10-18(6)23-25-24(16(3)4)33-28-23/h13-20H,9-12H2,1-8H3. The monoisotopic (exact) mass is 456 g/mol. The predicted molar refractivity (Wildman–Crippen MR) is 127 cm³/mol. The van der Waals surface area contributed by atoms with Crippen LogP contribution in [-0.2, 0) is 0 Å². The average Bonchev–Trinajstić information content (AvgIpc) is 3.55. The van der Waals surface area contributed by atoms with E-state index in [2.05, 4.69) is 98.5 Å². The molecular weight excluding hydrogens is 416 g/mol. The highest BCUT2D eigenvalue weighted by Crippen LogP contribution is 2.27. The summed E-state index contributed by atoms with van der Waals surface area (Å²) in [4.78, 5) is 4.53. The normalized spacial score (nSPS) is 15.8. The van der Waals surface area contributed by atoms with Crippen molar-refractivity contribution in [3.8, 4) is 0 Å². The van der Waals surface area contributed by atoms with Crippen LogP contribution in [0.15, 0.2) is 16.9 Å². The van der Waals surface area contributed by atoms with Gasteiger partial charge in [0.15, 0.2) is 5.82 Å². The first-order valence-corrected chi connectivity index (χ1v) is 12.3. The first kappa shape index (κ1) is 25.1. The van der Waals surface area contributed by atoms with Crippen molar-refractivity contribution in [3.63, 3.8) is 0 Å². The Morgan fingerprint density at radius 2 is 1.24 bits per heavy atom. The Balaban J connectivity index is 1.48. The Kier molecular flexibility index (Phi) is 8.37. The zero-order valence-corrected chi connectivity index (χ0v) is 21.4. The van der Waals surface area contributed by atoms with E-state index in [4.69, 9.17) is 4.52 Å². The second-order valence-electron chi connectivity index (χ2n) is 10.2. The minimum atomic E-state index is 0.256. The van der Waals surface area contributed by atoms with E-state index in [0.29, 0.717) is 23.8 Å². The molecule has 3 rings (SSSR count). The van der Waals surface area contributed by atoms with E-state index in [1.165, 1.54) is 0 Å². The maximum absolute atomic E-state index is 5.35. The van der Waals surface area contributed by atoms with Gasteiger partial charge in [-0.15, -0.1) is 10.2 Å². The van der Waals surface area contributed by atoms with E-state index in [-0.39, 0.29) is 17.9 Å². The highest BCUT2D eigenvalue weighted by molar-refractivity contribution is 5.03. The van der Waals surface area contributed by atoms with Crippen molar-refractivity contribution in [1.29, 1.82) is 0 Å². The lowest BCUT2D eigenvalue weighted by molar-refractivity contribution is 0.357. The molecule has 3 heterocycles. The van der Waals surface area contributed by atoms with E-state index in [9.17, 15) is 0 Å². The van der Waals surface area contributed by atoms with Gasteiger partial charge >= 0.3 is 0 Å². The van der Waals surface area contributed by atoms with Gasteiger partial charge in [-0.3, -0.25) is 0 Å². The third-order valence-corrected chi connectivity index (χ3v) is 6.48. The summed E-state index contributed by atoms with van der Waals surface area (Å²) in [7, 11) is 0. The number of rotatable bonds is 12. The molecule has 4 atom stereocenters. The Hall–Kier alpha value is -2.58. The average molecular weight is 457 g/mol. The zero-order chi connectivity index (χ0) is 24.1. The maximum Gasteiger partial charge on any atom is 0.229 e. The van der Waals surface area contributed by atoms with Crippen molar-refractivity contribution in [1.82, 2.24) is 40.1 Å². The van der Waals surface area contributed by atoms with Gasteiger partial charge in [0.05, 0.1) is 23.5 Å². The number of aromatic nitrogens is 8. The molecule has 0 aliphatic rings. The molecule has 0 spiro atoms. The van der Waals surface area contributed by atoms with Crippen molar-refractivity contribution >= 4 is 0 Å². The van der Waals surface area contributed by atoms with Gasteiger partial charge in [-0.05, 0) is 45.4 Å². The molecule has 0 amide bonds. The van der Waals surface area contributed by atoms with E-state index < -0.39 is 0 Å². The molecule has 4 unspecified atom stereocenters. The second-order valence-corrected chi connectivity index (χ2v) is 10.2. The molecule has 0 aliphatic heterocycles. The van der Waals surface area contributed by atoms with Gasteiger partial charge in [0, 0.05) is 30.1 Å². The largest absolute Gasteiger partial charge is 0.339 e. The Bertz CT molecular complexity index is 911. The van der Waals surface area contributed by atoms with Crippen LogP contribution in [0.4, 0.5) is 0 Å². The minimum absolute atomic E-state index is 0.256. The van der Waals surface area contributed by atoms with E-state index in [0.717, 1.165) is 42.9 Å². The molecule has 9 heteroatoms. The fourth-order valence-corrected chi connectivity index (χ4v) is 3.71. The third-order valence-electron chi connectivity index (χ3n) is 6.48. The topological polar surface area (TPSA) is 100 Å². The van der Waals surface area contributed by atoms with Crippen LogP contribution in [0.5, 0.6) is 0 Å². The Morgan fingerprint density at radius 1 is 0.697 bits per heavy atom. The van der Waals surface area contributed by atoms with Gasteiger partial charge in [-0.2, -0.15) is 4.98 Å². The molecule has 3 aromatic heterocycles. The molecule has 0 aromatic carbocycles. The fraction of sp³-hybridized carbons (Fsp3) is 0.750. The molecule has 182 valence electrons. The summed E-state index contributed by atoms with van der Waals surface area (Å²) in [6.07, 6.45) is 8.15. The first-order valence-electron chi connectivity index (χ1n) is 12.3. The van der Waals surface area contributed by atoms with Crippen LogP contribution < -0.4 is 0 Å². The first-order chi connectivity index (χ1) is 15.7. The van der Waals surface area contributed by atoms with Crippen LogP contribution in [0, 0.1) is 0 Å². The van der Waals surface area contributed by atoms with Crippen molar-refractivity contribution in [2.45, 2.75) is 117 Å². The quantitative estimate of drug-likeness (QED) is 0.340. The van der Waals surface area contributed by atoms with Gasteiger partial charge in [-0.25, -0.2) is 9.36 Å². The number of nitrogens with zero attached hydrogens (tertiary/aromatic N) is 8. The lowest BCUT2D eigenvalue weighted by atomic mass is 9.96. The molecular formula is C24H40N8O. The van der Waals surface area contributed by atoms with Crippen LogP contribution in [0.3, 0.4) is 0 Å². The molecule has 0 fully saturated rings. The lowest BCUT2D eigenvalue weighted by Gasteiger charge is -2.15. The van der Waals surface area contributed by atoms with Crippen molar-refractivity contribution in [2.75, 3.05) is 0 Å². The predicted octanol–water partition coefficient (Wildman–Crippen LogP) is 5.79. The minimum Gasteiger partial charge on any atom is -0.339 e. The molecule has 0 saturated carbocycles. The highest BCUT2D eigenvalue weighted by atomic mass is 16.5. The van der Waals surface area contributed by atoms with Crippen LogP contribution in [0.25, 0.3) is 0 Å². The van der Waals surface area contributed by atoms with E-state index >= 15 is 0 Å². The van der Waals surface area contributed by atoms with Gasteiger partial charge in [0.2, 0.25) is 5.89 Å². The van der Waals surface area contributed by atoms with E-state index in [1.54, 1.807) is 0 Å². The summed E-state index contributed by atoms with van der Waals surface area (Å²) in [5.74, 6) is 2.74. The van der Waals surface area contributed by atoms with Gasteiger partial charge in [0.25, 0.3) is 0 Å². The molecule has 0 bridgehead atoms. The zero-order valence-electron chi connectivity index (χ0n) is 21.4. The summed E-state index contributed by atoms with van der Waals surface area (Å²) >= 11 is 0. The molecule has 3 aromatic rings. The molecule has 0 aliphatic carbocycles. The second kappa shape index (κ2) is 11.0.